The van der Waals surface area contributed by atoms with E-state index in [9.17, 15) is 13.2 Å². The summed E-state index contributed by atoms with van der Waals surface area (Å²) in [6.07, 6.45) is 0.898. The first-order valence-electron chi connectivity index (χ1n) is 6.18. The van der Waals surface area contributed by atoms with E-state index < -0.39 is 10.0 Å². The lowest BCUT2D eigenvalue weighted by Gasteiger charge is -2.15. The number of nitrogens with one attached hydrogen (secondary N) is 1. The number of hydrogen-bond donors (Lipinski definition) is 1. The van der Waals surface area contributed by atoms with Crippen molar-refractivity contribution in [2.75, 3.05) is 25.3 Å². The molecular formula is C13H19ClN2O3S. The van der Waals surface area contributed by atoms with Gasteiger partial charge in [0.15, 0.2) is 0 Å². The highest BCUT2D eigenvalue weighted by Crippen LogP contribution is 2.22. The van der Waals surface area contributed by atoms with Gasteiger partial charge in [0.2, 0.25) is 15.9 Å². The molecule has 7 heteroatoms. The second-order valence-corrected chi connectivity index (χ2v) is 7.11. The molecule has 0 saturated heterocycles. The van der Waals surface area contributed by atoms with Crippen molar-refractivity contribution in [3.8, 4) is 0 Å². The maximum absolute atomic E-state index is 12.2. The summed E-state index contributed by atoms with van der Waals surface area (Å²) >= 11 is 5.52. The fraction of sp³-hybridized carbons (Fsp3) is 0.462. The van der Waals surface area contributed by atoms with E-state index in [1.54, 1.807) is 19.1 Å². The van der Waals surface area contributed by atoms with Gasteiger partial charge in [-0.05, 0) is 31.0 Å². The molecule has 1 N–H and O–H groups in total. The minimum atomic E-state index is -3.52. The first kappa shape index (κ1) is 16.9. The Kier molecular flexibility index (Phi) is 5.98. The van der Waals surface area contributed by atoms with Crippen LogP contribution in [0.5, 0.6) is 0 Å². The van der Waals surface area contributed by atoms with E-state index in [4.69, 9.17) is 11.6 Å². The Hall–Kier alpha value is -1.11. The lowest BCUT2D eigenvalue weighted by molar-refractivity contribution is -0.116. The SMILES string of the molecule is Cc1ccc(NC(=O)CCCCl)cc1S(=O)(=O)N(C)C. The highest BCUT2D eigenvalue weighted by atomic mass is 35.5. The molecule has 0 atom stereocenters. The zero-order chi connectivity index (χ0) is 15.3. The lowest BCUT2D eigenvalue weighted by atomic mass is 10.2. The molecular weight excluding hydrogens is 300 g/mol. The summed E-state index contributed by atoms with van der Waals surface area (Å²) in [4.78, 5) is 11.8. The number of hydrogen-bond acceptors (Lipinski definition) is 3. The van der Waals surface area contributed by atoms with Gasteiger partial charge in [0.1, 0.15) is 0 Å². The van der Waals surface area contributed by atoms with Crippen molar-refractivity contribution in [1.29, 1.82) is 0 Å². The molecule has 0 aliphatic heterocycles. The van der Waals surface area contributed by atoms with Gasteiger partial charge in [-0.25, -0.2) is 12.7 Å². The second-order valence-electron chi connectivity index (χ2n) is 4.61. The molecule has 1 aromatic carbocycles. The van der Waals surface area contributed by atoms with Crippen LogP contribution in [0.3, 0.4) is 0 Å². The first-order valence-corrected chi connectivity index (χ1v) is 8.15. The van der Waals surface area contributed by atoms with Crippen LogP contribution in [-0.4, -0.2) is 38.6 Å². The summed E-state index contributed by atoms with van der Waals surface area (Å²) in [5, 5.41) is 2.67. The third-order valence-corrected chi connectivity index (χ3v) is 4.99. The Morgan fingerprint density at radius 2 is 2.00 bits per heavy atom. The molecule has 1 amide bonds. The van der Waals surface area contributed by atoms with Crippen molar-refractivity contribution >= 4 is 33.2 Å². The van der Waals surface area contributed by atoms with Crippen molar-refractivity contribution in [1.82, 2.24) is 4.31 Å². The highest BCUT2D eigenvalue weighted by Gasteiger charge is 2.20. The molecule has 1 aromatic rings. The number of anilines is 1. The first-order chi connectivity index (χ1) is 9.28. The monoisotopic (exact) mass is 318 g/mol. The summed E-state index contributed by atoms with van der Waals surface area (Å²) in [7, 11) is -0.576. The minimum Gasteiger partial charge on any atom is -0.326 e. The van der Waals surface area contributed by atoms with Gasteiger partial charge in [-0.3, -0.25) is 4.79 Å². The van der Waals surface area contributed by atoms with E-state index in [1.165, 1.54) is 20.2 Å². The van der Waals surface area contributed by atoms with Gasteiger partial charge in [0.25, 0.3) is 0 Å². The van der Waals surface area contributed by atoms with Crippen LogP contribution < -0.4 is 5.32 Å². The molecule has 0 unspecified atom stereocenters. The number of benzene rings is 1. The topological polar surface area (TPSA) is 66.5 Å². The molecule has 0 aliphatic rings. The molecule has 20 heavy (non-hydrogen) atoms. The Morgan fingerprint density at radius 3 is 2.55 bits per heavy atom. The van der Waals surface area contributed by atoms with Gasteiger partial charge in [-0.2, -0.15) is 0 Å². The molecule has 0 radical (unpaired) electrons. The minimum absolute atomic E-state index is 0.178. The molecule has 0 spiro atoms. The van der Waals surface area contributed by atoms with E-state index in [-0.39, 0.29) is 10.8 Å². The summed E-state index contributed by atoms with van der Waals surface area (Å²) in [5.74, 6) is 0.240. The third-order valence-electron chi connectivity index (χ3n) is 2.77. The maximum Gasteiger partial charge on any atom is 0.242 e. The maximum atomic E-state index is 12.2. The molecule has 112 valence electrons. The number of carbonyl (C=O) groups excluding carboxylic acids is 1. The average Bonchev–Trinajstić information content (AvgIpc) is 2.38. The van der Waals surface area contributed by atoms with Gasteiger partial charge in [-0.15, -0.1) is 11.6 Å². The molecule has 5 nitrogen and oxygen atoms in total. The van der Waals surface area contributed by atoms with Gasteiger partial charge in [0.05, 0.1) is 4.90 Å². The normalized spacial score (nSPS) is 11.7. The zero-order valence-electron chi connectivity index (χ0n) is 11.8. The van der Waals surface area contributed by atoms with Crippen LogP contribution in [-0.2, 0) is 14.8 Å². The number of aryl methyl sites for hydroxylation is 1. The van der Waals surface area contributed by atoms with Crippen molar-refractivity contribution in [3.63, 3.8) is 0 Å². The smallest absolute Gasteiger partial charge is 0.242 e. The predicted octanol–water partition coefficient (Wildman–Crippen LogP) is 2.20. The molecule has 0 bridgehead atoms. The van der Waals surface area contributed by atoms with Gasteiger partial charge < -0.3 is 5.32 Å². The van der Waals surface area contributed by atoms with Crippen molar-refractivity contribution in [2.45, 2.75) is 24.7 Å². The van der Waals surface area contributed by atoms with Crippen LogP contribution in [0.15, 0.2) is 23.1 Å². The molecule has 0 fully saturated rings. The molecule has 0 saturated carbocycles. The molecule has 0 heterocycles. The van der Waals surface area contributed by atoms with Gasteiger partial charge in [-0.1, -0.05) is 6.07 Å². The number of alkyl halides is 1. The van der Waals surface area contributed by atoms with Crippen LogP contribution in [0.1, 0.15) is 18.4 Å². The van der Waals surface area contributed by atoms with Crippen LogP contribution in [0.2, 0.25) is 0 Å². The standard InChI is InChI=1S/C13H19ClN2O3S/c1-10-6-7-11(15-13(17)5-4-8-14)9-12(10)20(18,19)16(2)3/h6-7,9H,4-5,8H2,1-3H3,(H,15,17). The number of nitrogens with zero attached hydrogens (tertiary/aromatic N) is 1. The van der Waals surface area contributed by atoms with E-state index in [0.717, 1.165) is 4.31 Å². The fourth-order valence-electron chi connectivity index (χ4n) is 1.60. The Morgan fingerprint density at radius 1 is 1.35 bits per heavy atom. The molecule has 0 aliphatic carbocycles. The highest BCUT2D eigenvalue weighted by molar-refractivity contribution is 7.89. The Bertz CT molecular complexity index is 585. The number of amides is 1. The number of rotatable bonds is 6. The average molecular weight is 319 g/mol. The summed E-state index contributed by atoms with van der Waals surface area (Å²) in [6.45, 7) is 1.72. The van der Waals surface area contributed by atoms with Gasteiger partial charge >= 0.3 is 0 Å². The number of sulfonamides is 1. The van der Waals surface area contributed by atoms with E-state index in [0.29, 0.717) is 30.0 Å². The lowest BCUT2D eigenvalue weighted by Crippen LogP contribution is -2.23. The Labute approximate surface area is 125 Å². The number of carbonyl (C=O) groups is 1. The van der Waals surface area contributed by atoms with Crippen molar-refractivity contribution in [3.05, 3.63) is 23.8 Å². The van der Waals surface area contributed by atoms with E-state index in [1.807, 2.05) is 0 Å². The third kappa shape index (κ3) is 4.19. The zero-order valence-corrected chi connectivity index (χ0v) is 13.4. The van der Waals surface area contributed by atoms with Crippen LogP contribution in [0.25, 0.3) is 0 Å². The summed E-state index contributed by atoms with van der Waals surface area (Å²) in [6, 6.07) is 4.83. The quantitative estimate of drug-likeness (QED) is 0.818. The van der Waals surface area contributed by atoms with Crippen LogP contribution in [0.4, 0.5) is 5.69 Å². The fourth-order valence-corrected chi connectivity index (χ4v) is 2.88. The molecule has 0 aromatic heterocycles. The summed E-state index contributed by atoms with van der Waals surface area (Å²) in [5.41, 5.74) is 1.10. The largest absolute Gasteiger partial charge is 0.326 e. The predicted molar refractivity (Wildman–Crippen MR) is 80.6 cm³/mol. The van der Waals surface area contributed by atoms with Crippen molar-refractivity contribution < 1.29 is 13.2 Å². The van der Waals surface area contributed by atoms with Crippen molar-refractivity contribution in [2.24, 2.45) is 0 Å². The molecule has 1 rings (SSSR count). The Balaban J connectivity index is 3.01. The van der Waals surface area contributed by atoms with Crippen LogP contribution >= 0.6 is 11.6 Å². The summed E-state index contributed by atoms with van der Waals surface area (Å²) < 4.78 is 25.5. The van der Waals surface area contributed by atoms with E-state index >= 15 is 0 Å². The van der Waals surface area contributed by atoms with Crippen LogP contribution in [0, 0.1) is 6.92 Å². The number of halogens is 1. The second kappa shape index (κ2) is 7.06. The van der Waals surface area contributed by atoms with E-state index in [2.05, 4.69) is 5.32 Å². The van der Waals surface area contributed by atoms with Gasteiger partial charge in [0, 0.05) is 32.1 Å².